The van der Waals surface area contributed by atoms with Gasteiger partial charge in [0.05, 0.1) is 5.60 Å². The number of hydrogen-bond acceptors (Lipinski definition) is 2. The lowest BCUT2D eigenvalue weighted by Gasteiger charge is -2.26. The summed E-state index contributed by atoms with van der Waals surface area (Å²) in [6, 6.07) is 8.01. The van der Waals surface area contributed by atoms with Gasteiger partial charge in [0, 0.05) is 25.1 Å². The Morgan fingerprint density at radius 2 is 2.40 bits per heavy atom. The van der Waals surface area contributed by atoms with E-state index >= 15 is 0 Å². The Morgan fingerprint density at radius 1 is 1.53 bits per heavy atom. The third kappa shape index (κ3) is 2.51. The van der Waals surface area contributed by atoms with E-state index < -0.39 is 0 Å². The van der Waals surface area contributed by atoms with Crippen molar-refractivity contribution < 1.29 is 4.74 Å². The van der Waals surface area contributed by atoms with Gasteiger partial charge in [-0.2, -0.15) is 0 Å². The van der Waals surface area contributed by atoms with Crippen LogP contribution in [0.5, 0.6) is 0 Å². The van der Waals surface area contributed by atoms with Crippen molar-refractivity contribution in [3.8, 4) is 0 Å². The zero-order valence-electron chi connectivity index (χ0n) is 8.92. The molecule has 0 saturated carbocycles. The average molecular weight is 226 g/mol. The lowest BCUT2D eigenvalue weighted by Crippen LogP contribution is -2.36. The summed E-state index contributed by atoms with van der Waals surface area (Å²) in [4.78, 5) is 0. The Kier molecular flexibility index (Phi) is 3.29. The molecule has 0 spiro atoms. The maximum Gasteiger partial charge on any atom is 0.0854 e. The van der Waals surface area contributed by atoms with Crippen molar-refractivity contribution in [3.05, 3.63) is 34.9 Å². The normalized spacial score (nSPS) is 25.7. The SMILES string of the molecule is COC1(Cc2cccc(Cl)c2)CCNC1. The molecule has 0 amide bonds. The maximum atomic E-state index is 5.96. The minimum Gasteiger partial charge on any atom is -0.377 e. The Hall–Kier alpha value is -0.570. The molecule has 0 radical (unpaired) electrons. The van der Waals surface area contributed by atoms with Crippen molar-refractivity contribution in [2.24, 2.45) is 0 Å². The van der Waals surface area contributed by atoms with E-state index in [0.717, 1.165) is 31.0 Å². The minimum atomic E-state index is -0.0370. The van der Waals surface area contributed by atoms with Crippen molar-refractivity contribution >= 4 is 11.6 Å². The summed E-state index contributed by atoms with van der Waals surface area (Å²) in [5.41, 5.74) is 1.21. The van der Waals surface area contributed by atoms with Gasteiger partial charge >= 0.3 is 0 Å². The Morgan fingerprint density at radius 3 is 3.00 bits per heavy atom. The van der Waals surface area contributed by atoms with Crippen LogP contribution in [0, 0.1) is 0 Å². The van der Waals surface area contributed by atoms with E-state index in [1.54, 1.807) is 7.11 Å². The molecule has 1 N–H and O–H groups in total. The van der Waals surface area contributed by atoms with E-state index in [1.165, 1.54) is 5.56 Å². The average Bonchev–Trinajstić information content (AvgIpc) is 2.67. The summed E-state index contributed by atoms with van der Waals surface area (Å²) in [6.45, 7) is 1.96. The fourth-order valence-electron chi connectivity index (χ4n) is 2.14. The smallest absolute Gasteiger partial charge is 0.0854 e. The Labute approximate surface area is 95.6 Å². The van der Waals surface area contributed by atoms with E-state index in [1.807, 2.05) is 18.2 Å². The van der Waals surface area contributed by atoms with Crippen molar-refractivity contribution in [2.45, 2.75) is 18.4 Å². The lowest BCUT2D eigenvalue weighted by atomic mass is 9.93. The van der Waals surface area contributed by atoms with Crippen LogP contribution in [0.15, 0.2) is 24.3 Å². The molecule has 82 valence electrons. The molecule has 1 aromatic carbocycles. The Balaban J connectivity index is 2.12. The zero-order chi connectivity index (χ0) is 10.7. The largest absolute Gasteiger partial charge is 0.377 e. The predicted molar refractivity (Wildman–Crippen MR) is 62.4 cm³/mol. The van der Waals surface area contributed by atoms with Crippen LogP contribution < -0.4 is 5.32 Å². The second-order valence-corrected chi connectivity index (χ2v) is 4.56. The second kappa shape index (κ2) is 4.52. The van der Waals surface area contributed by atoms with Crippen molar-refractivity contribution in [3.63, 3.8) is 0 Å². The molecule has 0 bridgehead atoms. The molecule has 1 fully saturated rings. The summed E-state index contributed by atoms with van der Waals surface area (Å²) in [5, 5.41) is 4.14. The highest BCUT2D eigenvalue weighted by Gasteiger charge is 2.33. The highest BCUT2D eigenvalue weighted by Crippen LogP contribution is 2.25. The van der Waals surface area contributed by atoms with Gasteiger partial charge in [0.1, 0.15) is 0 Å². The topological polar surface area (TPSA) is 21.3 Å². The third-order valence-corrected chi connectivity index (χ3v) is 3.29. The van der Waals surface area contributed by atoms with Crippen LogP contribution in [0.1, 0.15) is 12.0 Å². The fraction of sp³-hybridized carbons (Fsp3) is 0.500. The fourth-order valence-corrected chi connectivity index (χ4v) is 2.35. The van der Waals surface area contributed by atoms with Crippen LogP contribution in [0.2, 0.25) is 5.02 Å². The van der Waals surface area contributed by atoms with Gasteiger partial charge in [-0.1, -0.05) is 23.7 Å². The second-order valence-electron chi connectivity index (χ2n) is 4.12. The number of benzene rings is 1. The van der Waals surface area contributed by atoms with Crippen molar-refractivity contribution in [1.82, 2.24) is 5.32 Å². The van der Waals surface area contributed by atoms with E-state index in [2.05, 4.69) is 11.4 Å². The van der Waals surface area contributed by atoms with E-state index in [4.69, 9.17) is 16.3 Å². The summed E-state index contributed by atoms with van der Waals surface area (Å²) in [6.07, 6.45) is 1.99. The zero-order valence-corrected chi connectivity index (χ0v) is 9.68. The highest BCUT2D eigenvalue weighted by atomic mass is 35.5. The van der Waals surface area contributed by atoms with Crippen LogP contribution in [0.4, 0.5) is 0 Å². The number of nitrogens with one attached hydrogen (secondary N) is 1. The van der Waals surface area contributed by atoms with Crippen LogP contribution in [-0.4, -0.2) is 25.8 Å². The molecule has 1 atom stereocenters. The quantitative estimate of drug-likeness (QED) is 0.852. The van der Waals surface area contributed by atoms with Crippen LogP contribution in [0.3, 0.4) is 0 Å². The molecule has 0 aliphatic carbocycles. The van der Waals surface area contributed by atoms with Gasteiger partial charge in [0.25, 0.3) is 0 Å². The molecule has 1 aliphatic heterocycles. The first-order valence-corrected chi connectivity index (χ1v) is 5.62. The van der Waals surface area contributed by atoms with Crippen LogP contribution >= 0.6 is 11.6 Å². The molecule has 1 unspecified atom stereocenters. The summed E-state index contributed by atoms with van der Waals surface area (Å²) >= 11 is 5.96. The number of halogens is 1. The van der Waals surface area contributed by atoms with Crippen molar-refractivity contribution in [1.29, 1.82) is 0 Å². The van der Waals surface area contributed by atoms with Gasteiger partial charge in [-0.25, -0.2) is 0 Å². The molecule has 2 nitrogen and oxygen atoms in total. The van der Waals surface area contributed by atoms with E-state index in [-0.39, 0.29) is 5.60 Å². The van der Waals surface area contributed by atoms with E-state index in [9.17, 15) is 0 Å². The molecular weight excluding hydrogens is 210 g/mol. The van der Waals surface area contributed by atoms with Gasteiger partial charge in [-0.3, -0.25) is 0 Å². The summed E-state index contributed by atoms with van der Waals surface area (Å²) < 4.78 is 5.64. The summed E-state index contributed by atoms with van der Waals surface area (Å²) in [7, 11) is 1.79. The standard InChI is InChI=1S/C12H16ClNO/c1-15-12(5-6-14-9-12)8-10-3-2-4-11(13)7-10/h2-4,7,14H,5-6,8-9H2,1H3. The number of ether oxygens (including phenoxy) is 1. The van der Waals surface area contributed by atoms with Crippen LogP contribution in [0.25, 0.3) is 0 Å². The van der Waals surface area contributed by atoms with Gasteiger partial charge < -0.3 is 10.1 Å². The van der Waals surface area contributed by atoms with Gasteiger partial charge in [0.2, 0.25) is 0 Å². The lowest BCUT2D eigenvalue weighted by molar-refractivity contribution is 0.00776. The third-order valence-electron chi connectivity index (χ3n) is 3.05. The molecule has 0 aromatic heterocycles. The first-order valence-electron chi connectivity index (χ1n) is 5.24. The predicted octanol–water partition coefficient (Wildman–Crippen LogP) is 2.26. The highest BCUT2D eigenvalue weighted by molar-refractivity contribution is 6.30. The molecule has 1 saturated heterocycles. The molecule has 15 heavy (non-hydrogen) atoms. The molecule has 2 rings (SSSR count). The minimum absolute atomic E-state index is 0.0370. The molecule has 1 aliphatic rings. The first-order chi connectivity index (χ1) is 7.24. The molecular formula is C12H16ClNO. The maximum absolute atomic E-state index is 5.96. The van der Waals surface area contributed by atoms with Crippen molar-refractivity contribution in [2.75, 3.05) is 20.2 Å². The molecule has 3 heteroatoms. The van der Waals surface area contributed by atoms with Crippen LogP contribution in [-0.2, 0) is 11.2 Å². The molecule has 1 aromatic rings. The number of rotatable bonds is 3. The number of methoxy groups -OCH3 is 1. The van der Waals surface area contributed by atoms with Gasteiger partial charge in [-0.05, 0) is 30.7 Å². The van der Waals surface area contributed by atoms with Gasteiger partial charge in [-0.15, -0.1) is 0 Å². The van der Waals surface area contributed by atoms with E-state index in [0.29, 0.717) is 0 Å². The summed E-state index contributed by atoms with van der Waals surface area (Å²) in [5.74, 6) is 0. The van der Waals surface area contributed by atoms with Gasteiger partial charge in [0.15, 0.2) is 0 Å². The first kappa shape index (κ1) is 10.9. The number of hydrogen-bond donors (Lipinski definition) is 1. The Bertz CT molecular complexity index is 334. The molecule has 1 heterocycles. The monoisotopic (exact) mass is 225 g/mol.